The second-order valence-electron chi connectivity index (χ2n) is 4.51. The highest BCUT2D eigenvalue weighted by molar-refractivity contribution is 5.81. The fraction of sp³-hybridized carbons (Fsp3) is 0.818. The van der Waals surface area contributed by atoms with E-state index in [2.05, 4.69) is 10.6 Å². The summed E-state index contributed by atoms with van der Waals surface area (Å²) in [6.45, 7) is 8.80. The highest BCUT2D eigenvalue weighted by Crippen LogP contribution is 2.11. The van der Waals surface area contributed by atoms with E-state index in [4.69, 9.17) is 4.74 Å². The summed E-state index contributed by atoms with van der Waals surface area (Å²) in [6, 6.07) is 0. The minimum Gasteiger partial charge on any atom is -0.370 e. The maximum atomic E-state index is 11.4. The average molecular weight is 230 g/mol. The van der Waals surface area contributed by atoms with Gasteiger partial charge in [-0.1, -0.05) is 20.8 Å². The zero-order valence-electron chi connectivity index (χ0n) is 10.6. The van der Waals surface area contributed by atoms with Crippen LogP contribution in [0.1, 0.15) is 27.7 Å². The molecule has 0 bridgehead atoms. The van der Waals surface area contributed by atoms with Crippen LogP contribution in [0.3, 0.4) is 0 Å². The fourth-order valence-electron chi connectivity index (χ4n) is 0.915. The van der Waals surface area contributed by atoms with E-state index in [1.54, 1.807) is 0 Å². The van der Waals surface area contributed by atoms with E-state index in [1.807, 2.05) is 27.7 Å². The van der Waals surface area contributed by atoms with Gasteiger partial charge < -0.3 is 15.4 Å². The van der Waals surface area contributed by atoms with Crippen LogP contribution < -0.4 is 10.6 Å². The van der Waals surface area contributed by atoms with Crippen molar-refractivity contribution in [1.82, 2.24) is 10.6 Å². The van der Waals surface area contributed by atoms with E-state index in [1.165, 1.54) is 0 Å². The first-order chi connectivity index (χ1) is 7.38. The van der Waals surface area contributed by atoms with Crippen LogP contribution in [0.15, 0.2) is 0 Å². The monoisotopic (exact) mass is 230 g/mol. The van der Waals surface area contributed by atoms with Crippen LogP contribution in [0, 0.1) is 5.41 Å². The molecule has 0 aromatic carbocycles. The lowest BCUT2D eigenvalue weighted by molar-refractivity contribution is -0.128. The zero-order valence-corrected chi connectivity index (χ0v) is 10.6. The third-order valence-corrected chi connectivity index (χ3v) is 1.82. The Morgan fingerprint density at radius 2 is 1.81 bits per heavy atom. The molecule has 0 saturated heterocycles. The fourth-order valence-corrected chi connectivity index (χ4v) is 0.915. The van der Waals surface area contributed by atoms with Crippen molar-refractivity contribution in [3.63, 3.8) is 0 Å². The molecular formula is C11H22N2O3. The third-order valence-electron chi connectivity index (χ3n) is 1.82. The Morgan fingerprint density at radius 1 is 1.19 bits per heavy atom. The summed E-state index contributed by atoms with van der Waals surface area (Å²) in [5, 5.41) is 5.35. The van der Waals surface area contributed by atoms with Crippen molar-refractivity contribution in [3.05, 3.63) is 0 Å². The molecule has 2 N–H and O–H groups in total. The molecular weight excluding hydrogens is 208 g/mol. The summed E-state index contributed by atoms with van der Waals surface area (Å²) in [5.74, 6) is -0.154. The minimum atomic E-state index is -0.389. The number of likely N-dealkylation sites (N-methyl/N-ethyl adjacent to an activating group) is 1. The molecule has 94 valence electrons. The van der Waals surface area contributed by atoms with Crippen molar-refractivity contribution in [3.8, 4) is 0 Å². The lowest BCUT2D eigenvalue weighted by Crippen LogP contribution is -2.37. The van der Waals surface area contributed by atoms with Crippen LogP contribution >= 0.6 is 0 Å². The van der Waals surface area contributed by atoms with E-state index in [9.17, 15) is 9.59 Å². The maximum absolute atomic E-state index is 11.4. The summed E-state index contributed by atoms with van der Waals surface area (Å²) >= 11 is 0. The lowest BCUT2D eigenvalue weighted by Gasteiger charge is -2.17. The van der Waals surface area contributed by atoms with Gasteiger partial charge in [0, 0.05) is 18.5 Å². The molecule has 0 saturated carbocycles. The van der Waals surface area contributed by atoms with Gasteiger partial charge in [-0.3, -0.25) is 9.59 Å². The molecule has 2 amide bonds. The molecule has 5 heteroatoms. The number of nitrogens with one attached hydrogen (secondary N) is 2. The molecule has 16 heavy (non-hydrogen) atoms. The molecule has 0 aliphatic heterocycles. The lowest BCUT2D eigenvalue weighted by atomic mass is 9.96. The number of ether oxygens (including phenoxy) is 1. The van der Waals surface area contributed by atoms with Crippen LogP contribution in [0.2, 0.25) is 0 Å². The van der Waals surface area contributed by atoms with Crippen molar-refractivity contribution in [2.45, 2.75) is 27.7 Å². The number of rotatable bonds is 6. The van der Waals surface area contributed by atoms with Crippen molar-refractivity contribution < 1.29 is 14.3 Å². The van der Waals surface area contributed by atoms with Crippen LogP contribution in [0.4, 0.5) is 0 Å². The van der Waals surface area contributed by atoms with E-state index in [0.717, 1.165) is 0 Å². The Bertz CT molecular complexity index is 234. The van der Waals surface area contributed by atoms with E-state index >= 15 is 0 Å². The van der Waals surface area contributed by atoms with Crippen molar-refractivity contribution in [2.75, 3.05) is 26.3 Å². The molecule has 0 unspecified atom stereocenters. The van der Waals surface area contributed by atoms with Gasteiger partial charge in [-0.25, -0.2) is 0 Å². The standard InChI is InChI=1S/C11H22N2O3/c1-5-12-9(14)8-16-7-6-13-10(15)11(2,3)4/h5-8H2,1-4H3,(H,12,14)(H,13,15). The van der Waals surface area contributed by atoms with Crippen LogP contribution in [0.25, 0.3) is 0 Å². The Labute approximate surface area is 96.9 Å². The molecule has 0 fully saturated rings. The van der Waals surface area contributed by atoms with Gasteiger partial charge >= 0.3 is 0 Å². The predicted octanol–water partition coefficient (Wildman–Crippen LogP) is 0.301. The van der Waals surface area contributed by atoms with Gasteiger partial charge in [-0.15, -0.1) is 0 Å². The summed E-state index contributed by atoms with van der Waals surface area (Å²) in [4.78, 5) is 22.4. The van der Waals surface area contributed by atoms with Crippen molar-refractivity contribution in [1.29, 1.82) is 0 Å². The SMILES string of the molecule is CCNC(=O)COCCNC(=O)C(C)(C)C. The summed E-state index contributed by atoms with van der Waals surface area (Å²) in [7, 11) is 0. The number of hydrogen-bond acceptors (Lipinski definition) is 3. The summed E-state index contributed by atoms with van der Waals surface area (Å²) in [6.07, 6.45) is 0. The first kappa shape index (κ1) is 14.9. The molecule has 0 atom stereocenters. The second-order valence-corrected chi connectivity index (χ2v) is 4.51. The van der Waals surface area contributed by atoms with Gasteiger partial charge in [0.2, 0.25) is 11.8 Å². The van der Waals surface area contributed by atoms with Gasteiger partial charge in [0.15, 0.2) is 0 Å². The van der Waals surface area contributed by atoms with Gasteiger partial charge in [-0.05, 0) is 6.92 Å². The molecule has 0 aromatic heterocycles. The number of carbonyl (C=O) groups is 2. The highest BCUT2D eigenvalue weighted by atomic mass is 16.5. The van der Waals surface area contributed by atoms with Gasteiger partial charge in [-0.2, -0.15) is 0 Å². The largest absolute Gasteiger partial charge is 0.370 e. The van der Waals surface area contributed by atoms with E-state index in [0.29, 0.717) is 19.7 Å². The molecule has 0 heterocycles. The topological polar surface area (TPSA) is 67.4 Å². The Morgan fingerprint density at radius 3 is 2.31 bits per heavy atom. The molecule has 0 rings (SSSR count). The van der Waals surface area contributed by atoms with Crippen molar-refractivity contribution >= 4 is 11.8 Å². The normalized spacial score (nSPS) is 11.0. The minimum absolute atomic E-state index is 0.0193. The maximum Gasteiger partial charge on any atom is 0.245 e. The Balaban J connectivity index is 3.48. The Kier molecular flexibility index (Phi) is 6.72. The van der Waals surface area contributed by atoms with Gasteiger partial charge in [0.25, 0.3) is 0 Å². The van der Waals surface area contributed by atoms with Crippen LogP contribution in [-0.2, 0) is 14.3 Å². The van der Waals surface area contributed by atoms with E-state index in [-0.39, 0.29) is 23.8 Å². The van der Waals surface area contributed by atoms with Crippen LogP contribution in [-0.4, -0.2) is 38.1 Å². The molecule has 0 aromatic rings. The smallest absolute Gasteiger partial charge is 0.245 e. The summed E-state index contributed by atoms with van der Waals surface area (Å²) in [5.41, 5.74) is -0.389. The van der Waals surface area contributed by atoms with Crippen LogP contribution in [0.5, 0.6) is 0 Å². The number of carbonyl (C=O) groups excluding carboxylic acids is 2. The predicted molar refractivity (Wildman–Crippen MR) is 62.0 cm³/mol. The van der Waals surface area contributed by atoms with E-state index < -0.39 is 0 Å². The van der Waals surface area contributed by atoms with Gasteiger partial charge in [0.1, 0.15) is 6.61 Å². The van der Waals surface area contributed by atoms with Gasteiger partial charge in [0.05, 0.1) is 6.61 Å². The highest BCUT2D eigenvalue weighted by Gasteiger charge is 2.20. The molecule has 0 aliphatic carbocycles. The molecule has 0 spiro atoms. The first-order valence-electron chi connectivity index (χ1n) is 5.50. The Hall–Kier alpha value is -1.10. The first-order valence-corrected chi connectivity index (χ1v) is 5.50. The number of amides is 2. The second kappa shape index (κ2) is 7.22. The third kappa shape index (κ3) is 7.23. The van der Waals surface area contributed by atoms with Crippen molar-refractivity contribution in [2.24, 2.45) is 5.41 Å². The molecule has 5 nitrogen and oxygen atoms in total. The quantitative estimate of drug-likeness (QED) is 0.645. The summed E-state index contributed by atoms with van der Waals surface area (Å²) < 4.78 is 5.08. The average Bonchev–Trinajstić information content (AvgIpc) is 2.16. The zero-order chi connectivity index (χ0) is 12.6. The molecule has 0 aliphatic rings. The molecule has 0 radical (unpaired) electrons. The number of hydrogen-bond donors (Lipinski definition) is 2.